The second-order valence-electron chi connectivity index (χ2n) is 11.6. The van der Waals surface area contributed by atoms with Gasteiger partial charge in [-0.1, -0.05) is 6.92 Å². The molecule has 2 aliphatic rings. The van der Waals surface area contributed by atoms with Gasteiger partial charge < -0.3 is 18.8 Å². The molecule has 1 aromatic carbocycles. The number of oxazole rings is 1. The van der Waals surface area contributed by atoms with Gasteiger partial charge in [-0.05, 0) is 68.7 Å². The minimum atomic E-state index is -0.923. The van der Waals surface area contributed by atoms with E-state index in [1.807, 2.05) is 0 Å². The first kappa shape index (κ1) is 29.3. The summed E-state index contributed by atoms with van der Waals surface area (Å²) < 4.78 is 35.1. The number of carbonyl (C=O) groups excluding carboxylic acids is 1. The lowest BCUT2D eigenvalue weighted by Crippen LogP contribution is -2.45. The van der Waals surface area contributed by atoms with Crippen molar-refractivity contribution in [1.29, 1.82) is 0 Å². The van der Waals surface area contributed by atoms with Crippen LogP contribution in [0.1, 0.15) is 62.3 Å². The van der Waals surface area contributed by atoms with Gasteiger partial charge in [-0.25, -0.2) is 18.7 Å². The first-order valence-electron chi connectivity index (χ1n) is 14.6. The van der Waals surface area contributed by atoms with E-state index in [2.05, 4.69) is 11.9 Å². The van der Waals surface area contributed by atoms with E-state index >= 15 is 0 Å². The third kappa shape index (κ3) is 5.31. The molecular formula is C31H35FN4O6S. The highest BCUT2D eigenvalue weighted by molar-refractivity contribution is 7.22. The van der Waals surface area contributed by atoms with Gasteiger partial charge in [-0.3, -0.25) is 14.2 Å². The predicted molar refractivity (Wildman–Crippen MR) is 160 cm³/mol. The summed E-state index contributed by atoms with van der Waals surface area (Å²) >= 11 is 1.22. The Kier molecular flexibility index (Phi) is 7.99. The molecule has 2 fully saturated rings. The summed E-state index contributed by atoms with van der Waals surface area (Å²) in [4.78, 5) is 48.3. The Labute approximate surface area is 251 Å². The number of ether oxygens (including phenoxy) is 2. The van der Waals surface area contributed by atoms with Crippen LogP contribution in [0.15, 0.2) is 44.7 Å². The Bertz CT molecular complexity index is 1770. The summed E-state index contributed by atoms with van der Waals surface area (Å²) in [6.07, 6.45) is 6.13. The van der Waals surface area contributed by atoms with E-state index in [4.69, 9.17) is 13.9 Å². The lowest BCUT2D eigenvalue weighted by Gasteiger charge is -2.31. The Hall–Kier alpha value is -3.77. The van der Waals surface area contributed by atoms with Gasteiger partial charge in [0.05, 0.1) is 36.2 Å². The summed E-state index contributed by atoms with van der Waals surface area (Å²) in [7, 11) is 3.17. The van der Waals surface area contributed by atoms with Crippen LogP contribution in [0.4, 0.5) is 4.39 Å². The van der Waals surface area contributed by atoms with Crippen molar-refractivity contribution in [2.24, 2.45) is 5.92 Å². The molecule has 10 nitrogen and oxygen atoms in total. The topological polar surface area (TPSA) is 109 Å². The van der Waals surface area contributed by atoms with Crippen molar-refractivity contribution in [1.82, 2.24) is 19.0 Å². The fraction of sp³-hybridized carbons (Fsp3) is 0.484. The number of fused-ring (bicyclic) bond motifs is 1. The smallest absolute Gasteiger partial charge is 0.332 e. The van der Waals surface area contributed by atoms with Crippen LogP contribution < -0.4 is 16.0 Å². The van der Waals surface area contributed by atoms with Crippen LogP contribution in [0.5, 0.6) is 5.75 Å². The molecule has 228 valence electrons. The number of nitrogens with zero attached hydrogens (tertiary/aromatic N) is 4. The van der Waals surface area contributed by atoms with Gasteiger partial charge in [0, 0.05) is 19.2 Å². The summed E-state index contributed by atoms with van der Waals surface area (Å²) in [5.74, 6) is 0.612. The Balaban J connectivity index is 1.55. The van der Waals surface area contributed by atoms with Crippen LogP contribution in [0.3, 0.4) is 0 Å². The normalized spacial score (nSPS) is 21.6. The van der Waals surface area contributed by atoms with Gasteiger partial charge in [0.15, 0.2) is 0 Å². The molecule has 43 heavy (non-hydrogen) atoms. The highest BCUT2D eigenvalue weighted by Gasteiger charge is 2.36. The van der Waals surface area contributed by atoms with E-state index in [9.17, 15) is 18.8 Å². The average Bonchev–Trinajstić information content (AvgIpc) is 3.72. The van der Waals surface area contributed by atoms with Crippen molar-refractivity contribution in [3.8, 4) is 16.5 Å². The first-order chi connectivity index (χ1) is 20.7. The number of amides is 1. The fourth-order valence-corrected chi connectivity index (χ4v) is 7.56. The van der Waals surface area contributed by atoms with Crippen molar-refractivity contribution in [2.75, 3.05) is 20.7 Å². The minimum Gasteiger partial charge on any atom is -0.496 e. The number of rotatable bonds is 8. The number of aromatic nitrogens is 3. The predicted octanol–water partition coefficient (Wildman–Crippen LogP) is 5.08. The highest BCUT2D eigenvalue weighted by Crippen LogP contribution is 2.39. The van der Waals surface area contributed by atoms with Crippen molar-refractivity contribution >= 4 is 27.5 Å². The number of likely N-dealkylation sites (N-methyl/N-ethyl adjacent to an activating group) is 1. The van der Waals surface area contributed by atoms with Crippen LogP contribution in [-0.2, 0) is 16.1 Å². The molecule has 0 bridgehead atoms. The third-order valence-corrected chi connectivity index (χ3v) is 10.1. The Morgan fingerprint density at radius 2 is 1.93 bits per heavy atom. The van der Waals surface area contributed by atoms with E-state index in [1.54, 1.807) is 20.0 Å². The van der Waals surface area contributed by atoms with Crippen molar-refractivity contribution in [3.63, 3.8) is 0 Å². The van der Waals surface area contributed by atoms with E-state index in [0.717, 1.165) is 30.3 Å². The SMILES string of the molecule is COc1ccc(F)cc1[C@H](Cn1c(=O)n([C@H]2CCN(C)C2=O)c(=O)c2c(C)c(-c3ncco3)sc21)OC1CCC(C)CC1. The largest absolute Gasteiger partial charge is 0.496 e. The molecule has 0 spiro atoms. The maximum Gasteiger partial charge on any atom is 0.332 e. The molecule has 4 aromatic rings. The molecule has 1 saturated heterocycles. The maximum atomic E-state index is 14.7. The molecule has 3 aromatic heterocycles. The summed E-state index contributed by atoms with van der Waals surface area (Å²) in [5, 5.41) is 0.316. The Morgan fingerprint density at radius 1 is 1.16 bits per heavy atom. The van der Waals surface area contributed by atoms with Crippen molar-refractivity contribution < 1.29 is 23.1 Å². The van der Waals surface area contributed by atoms with Crippen LogP contribution >= 0.6 is 11.3 Å². The lowest BCUT2D eigenvalue weighted by molar-refractivity contribution is -0.129. The molecule has 6 rings (SSSR count). The zero-order chi connectivity index (χ0) is 30.4. The minimum absolute atomic E-state index is 0.0246. The summed E-state index contributed by atoms with van der Waals surface area (Å²) in [6.45, 7) is 4.41. The molecule has 1 amide bonds. The number of hydrogen-bond acceptors (Lipinski definition) is 8. The number of methoxy groups -OCH3 is 1. The van der Waals surface area contributed by atoms with Crippen molar-refractivity contribution in [3.05, 3.63) is 68.4 Å². The highest BCUT2D eigenvalue weighted by atomic mass is 32.1. The zero-order valence-electron chi connectivity index (χ0n) is 24.7. The lowest BCUT2D eigenvalue weighted by atomic mass is 9.88. The quantitative estimate of drug-likeness (QED) is 0.274. The molecule has 4 heterocycles. The van der Waals surface area contributed by atoms with Crippen molar-refractivity contribution in [2.45, 2.75) is 70.7 Å². The fourth-order valence-electron chi connectivity index (χ4n) is 6.32. The van der Waals surface area contributed by atoms with Crippen LogP contribution in [0, 0.1) is 18.7 Å². The second kappa shape index (κ2) is 11.7. The van der Waals surface area contributed by atoms with E-state index < -0.39 is 29.2 Å². The number of thiophene rings is 1. The van der Waals surface area contributed by atoms with E-state index in [1.165, 1.54) is 52.5 Å². The van der Waals surface area contributed by atoms with E-state index in [-0.39, 0.29) is 18.6 Å². The number of likely N-dealkylation sites (tertiary alicyclic amines) is 1. The van der Waals surface area contributed by atoms with Gasteiger partial charge >= 0.3 is 5.69 Å². The van der Waals surface area contributed by atoms with Gasteiger partial charge in [-0.15, -0.1) is 11.3 Å². The molecule has 0 N–H and O–H groups in total. The second-order valence-corrected chi connectivity index (χ2v) is 12.6. The van der Waals surface area contributed by atoms with Gasteiger partial charge in [0.1, 0.15) is 34.8 Å². The first-order valence-corrected chi connectivity index (χ1v) is 15.4. The average molecular weight is 611 g/mol. The third-order valence-electron chi connectivity index (χ3n) is 8.79. The maximum absolute atomic E-state index is 14.7. The molecule has 1 saturated carbocycles. The summed E-state index contributed by atoms with van der Waals surface area (Å²) in [5.41, 5.74) is -0.0706. The number of halogens is 1. The monoisotopic (exact) mass is 610 g/mol. The van der Waals surface area contributed by atoms with Gasteiger partial charge in [0.2, 0.25) is 11.8 Å². The molecule has 0 unspecified atom stereocenters. The van der Waals surface area contributed by atoms with Crippen LogP contribution in [0.2, 0.25) is 0 Å². The zero-order valence-corrected chi connectivity index (χ0v) is 25.5. The molecule has 12 heteroatoms. The number of carbonyl (C=O) groups is 1. The summed E-state index contributed by atoms with van der Waals surface area (Å²) in [6, 6.07) is 3.32. The standard InChI is InChI=1S/C31H35FN4O6S/c1-17-5-8-20(9-6-17)42-24(21-15-19(32)7-10-23(21)40-4)16-35-30-25(18(2)26(43-30)27-33-12-14-41-27)29(38)36(31(35)39)22-11-13-34(3)28(22)37/h7,10,12,14-15,17,20,22,24H,5-6,8-9,11,13,16H2,1-4H3/t17?,20?,22-,24-/m0/s1. The molecular weight excluding hydrogens is 575 g/mol. The van der Waals surface area contributed by atoms with Gasteiger partial charge in [-0.2, -0.15) is 0 Å². The molecule has 0 radical (unpaired) electrons. The van der Waals surface area contributed by atoms with Crippen LogP contribution in [-0.4, -0.2) is 51.7 Å². The molecule has 1 aliphatic carbocycles. The number of hydrogen-bond donors (Lipinski definition) is 0. The molecule has 2 atom stereocenters. The number of benzene rings is 1. The Morgan fingerprint density at radius 3 is 2.58 bits per heavy atom. The molecule has 1 aliphatic heterocycles. The van der Waals surface area contributed by atoms with E-state index in [0.29, 0.717) is 56.7 Å². The van der Waals surface area contributed by atoms with Crippen LogP contribution in [0.25, 0.3) is 21.0 Å². The number of aryl methyl sites for hydroxylation is 1. The van der Waals surface area contributed by atoms with Gasteiger partial charge in [0.25, 0.3) is 5.56 Å².